The Morgan fingerprint density at radius 1 is 1.20 bits per heavy atom. The summed E-state index contributed by atoms with van der Waals surface area (Å²) >= 11 is 0. The van der Waals surface area contributed by atoms with Crippen LogP contribution in [0.4, 0.5) is 0 Å². The summed E-state index contributed by atoms with van der Waals surface area (Å²) in [7, 11) is 0. The van der Waals surface area contributed by atoms with Crippen LogP contribution in [-0.2, 0) is 20.8 Å². The summed E-state index contributed by atoms with van der Waals surface area (Å²) in [5, 5.41) is 0. The highest BCUT2D eigenvalue weighted by molar-refractivity contribution is 5.78. The van der Waals surface area contributed by atoms with Crippen molar-refractivity contribution in [3.8, 4) is 5.75 Å². The third-order valence-electron chi connectivity index (χ3n) is 4.70. The van der Waals surface area contributed by atoms with E-state index in [9.17, 15) is 4.79 Å². The van der Waals surface area contributed by atoms with Gasteiger partial charge in [-0.15, -0.1) is 0 Å². The number of carbonyl (C=O) groups is 1. The van der Waals surface area contributed by atoms with E-state index in [0.29, 0.717) is 25.8 Å². The van der Waals surface area contributed by atoms with Crippen LogP contribution < -0.4 is 4.74 Å². The zero-order chi connectivity index (χ0) is 17.5. The van der Waals surface area contributed by atoms with Crippen molar-refractivity contribution in [3.05, 3.63) is 29.8 Å². The normalized spacial score (nSPS) is 20.3. The molecule has 1 amide bonds. The standard InChI is InChI=1S/C20H29NO4/c1-2-24-18-10-6-16(7-11-18)13-21(17-8-9-17)20(22)15-23-14-19-5-3-4-12-25-19/h6-7,10-11,17,19H,2-5,8-9,12-15H2,1H3/t19-/m0/s1. The van der Waals surface area contributed by atoms with Crippen LogP contribution in [0.2, 0.25) is 0 Å². The maximum absolute atomic E-state index is 12.6. The lowest BCUT2D eigenvalue weighted by molar-refractivity contribution is -0.139. The van der Waals surface area contributed by atoms with Gasteiger partial charge in [0.15, 0.2) is 0 Å². The molecule has 0 unspecified atom stereocenters. The molecule has 5 heteroatoms. The topological polar surface area (TPSA) is 48.0 Å². The SMILES string of the molecule is CCOc1ccc(CN(C(=O)COC[C@@H]2CCCCO2)C2CC2)cc1. The van der Waals surface area contributed by atoms with Gasteiger partial charge in [-0.3, -0.25) is 4.79 Å². The highest BCUT2D eigenvalue weighted by Crippen LogP contribution is 2.29. The maximum atomic E-state index is 12.6. The Hall–Kier alpha value is -1.59. The van der Waals surface area contributed by atoms with E-state index in [0.717, 1.165) is 43.6 Å². The predicted octanol–water partition coefficient (Wildman–Crippen LogP) is 3.16. The highest BCUT2D eigenvalue weighted by Gasteiger charge is 2.32. The Kier molecular flexibility index (Phi) is 6.70. The second kappa shape index (κ2) is 9.20. The van der Waals surface area contributed by atoms with Crippen LogP contribution in [0.5, 0.6) is 5.75 Å². The quantitative estimate of drug-likeness (QED) is 0.688. The van der Waals surface area contributed by atoms with E-state index in [4.69, 9.17) is 14.2 Å². The van der Waals surface area contributed by atoms with Gasteiger partial charge in [0.2, 0.25) is 5.91 Å². The smallest absolute Gasteiger partial charge is 0.249 e. The van der Waals surface area contributed by atoms with Crippen molar-refractivity contribution in [1.82, 2.24) is 4.90 Å². The Balaban J connectivity index is 1.47. The lowest BCUT2D eigenvalue weighted by atomic mass is 10.1. The molecule has 1 saturated carbocycles. The largest absolute Gasteiger partial charge is 0.494 e. The first kappa shape index (κ1) is 18.2. The van der Waals surface area contributed by atoms with Crippen LogP contribution in [0.1, 0.15) is 44.6 Å². The van der Waals surface area contributed by atoms with Crippen molar-refractivity contribution in [3.63, 3.8) is 0 Å². The Bertz CT molecular complexity index is 535. The molecule has 1 aliphatic heterocycles. The molecule has 2 fully saturated rings. The van der Waals surface area contributed by atoms with Gasteiger partial charge in [-0.1, -0.05) is 12.1 Å². The molecule has 0 aromatic heterocycles. The molecule has 0 N–H and O–H groups in total. The molecule has 2 aliphatic rings. The molecule has 1 heterocycles. The minimum atomic E-state index is 0.0761. The number of ether oxygens (including phenoxy) is 3. The van der Waals surface area contributed by atoms with Crippen LogP contribution in [0.25, 0.3) is 0 Å². The first-order chi connectivity index (χ1) is 12.3. The molecule has 0 radical (unpaired) electrons. The monoisotopic (exact) mass is 347 g/mol. The van der Waals surface area contributed by atoms with Gasteiger partial charge in [0, 0.05) is 19.2 Å². The van der Waals surface area contributed by atoms with Crippen LogP contribution >= 0.6 is 0 Å². The molecular formula is C20H29NO4. The first-order valence-electron chi connectivity index (χ1n) is 9.47. The number of benzene rings is 1. The number of amides is 1. The molecule has 0 spiro atoms. The zero-order valence-corrected chi connectivity index (χ0v) is 15.1. The van der Waals surface area contributed by atoms with Crippen molar-refractivity contribution in [2.24, 2.45) is 0 Å². The molecule has 1 aromatic carbocycles. The van der Waals surface area contributed by atoms with Gasteiger partial charge in [-0.05, 0) is 56.7 Å². The molecule has 1 saturated heterocycles. The van der Waals surface area contributed by atoms with E-state index < -0.39 is 0 Å². The third kappa shape index (κ3) is 5.72. The van der Waals surface area contributed by atoms with Gasteiger partial charge in [0.25, 0.3) is 0 Å². The molecule has 138 valence electrons. The van der Waals surface area contributed by atoms with Crippen molar-refractivity contribution in [1.29, 1.82) is 0 Å². The third-order valence-corrected chi connectivity index (χ3v) is 4.70. The van der Waals surface area contributed by atoms with Crippen molar-refractivity contribution < 1.29 is 19.0 Å². The lowest BCUT2D eigenvalue weighted by Gasteiger charge is -2.25. The van der Waals surface area contributed by atoms with Gasteiger partial charge in [0.1, 0.15) is 12.4 Å². The summed E-state index contributed by atoms with van der Waals surface area (Å²) in [6.07, 6.45) is 5.69. The van der Waals surface area contributed by atoms with E-state index in [-0.39, 0.29) is 18.6 Å². The van der Waals surface area contributed by atoms with Gasteiger partial charge in [0.05, 0.1) is 19.3 Å². The minimum absolute atomic E-state index is 0.0761. The van der Waals surface area contributed by atoms with E-state index in [1.165, 1.54) is 6.42 Å². The van der Waals surface area contributed by atoms with Gasteiger partial charge >= 0.3 is 0 Å². The molecule has 1 aliphatic carbocycles. The Morgan fingerprint density at radius 2 is 2.00 bits per heavy atom. The minimum Gasteiger partial charge on any atom is -0.494 e. The second-order valence-corrected chi connectivity index (χ2v) is 6.83. The molecule has 3 rings (SSSR count). The molecule has 0 bridgehead atoms. The number of rotatable bonds is 9. The second-order valence-electron chi connectivity index (χ2n) is 6.83. The van der Waals surface area contributed by atoms with Crippen molar-refractivity contribution in [2.45, 2.75) is 57.7 Å². The number of carbonyl (C=O) groups excluding carboxylic acids is 1. The molecular weight excluding hydrogens is 318 g/mol. The van der Waals surface area contributed by atoms with Crippen molar-refractivity contribution in [2.75, 3.05) is 26.4 Å². The van der Waals surface area contributed by atoms with Gasteiger partial charge < -0.3 is 19.1 Å². The summed E-state index contributed by atoms with van der Waals surface area (Å²) in [5.41, 5.74) is 1.12. The summed E-state index contributed by atoms with van der Waals surface area (Å²) in [4.78, 5) is 14.5. The zero-order valence-electron chi connectivity index (χ0n) is 15.1. The predicted molar refractivity (Wildman–Crippen MR) is 95.6 cm³/mol. The van der Waals surface area contributed by atoms with E-state index in [1.807, 2.05) is 36.1 Å². The molecule has 25 heavy (non-hydrogen) atoms. The Labute approximate surface area is 150 Å². The molecule has 1 aromatic rings. The fourth-order valence-electron chi connectivity index (χ4n) is 3.16. The van der Waals surface area contributed by atoms with E-state index >= 15 is 0 Å². The first-order valence-corrected chi connectivity index (χ1v) is 9.47. The summed E-state index contributed by atoms with van der Waals surface area (Å²) in [6, 6.07) is 8.36. The number of nitrogens with zero attached hydrogens (tertiary/aromatic N) is 1. The number of hydrogen-bond acceptors (Lipinski definition) is 4. The summed E-state index contributed by atoms with van der Waals surface area (Å²) in [6.45, 7) is 4.75. The fourth-order valence-corrected chi connectivity index (χ4v) is 3.16. The summed E-state index contributed by atoms with van der Waals surface area (Å²) < 4.78 is 16.8. The van der Waals surface area contributed by atoms with Crippen molar-refractivity contribution >= 4 is 5.91 Å². The van der Waals surface area contributed by atoms with Crippen LogP contribution in [0.15, 0.2) is 24.3 Å². The lowest BCUT2D eigenvalue weighted by Crippen LogP contribution is -2.36. The number of hydrogen-bond donors (Lipinski definition) is 0. The van der Waals surface area contributed by atoms with Gasteiger partial charge in [-0.2, -0.15) is 0 Å². The van der Waals surface area contributed by atoms with Crippen LogP contribution in [-0.4, -0.2) is 49.4 Å². The molecule has 5 nitrogen and oxygen atoms in total. The van der Waals surface area contributed by atoms with Gasteiger partial charge in [-0.25, -0.2) is 0 Å². The fraction of sp³-hybridized carbons (Fsp3) is 0.650. The maximum Gasteiger partial charge on any atom is 0.249 e. The molecule has 1 atom stereocenters. The average Bonchev–Trinajstić information content (AvgIpc) is 3.47. The van der Waals surface area contributed by atoms with E-state index in [1.54, 1.807) is 0 Å². The van der Waals surface area contributed by atoms with E-state index in [2.05, 4.69) is 0 Å². The average molecular weight is 347 g/mol. The highest BCUT2D eigenvalue weighted by atomic mass is 16.5. The Morgan fingerprint density at radius 3 is 2.64 bits per heavy atom. The van der Waals surface area contributed by atoms with Crippen LogP contribution in [0.3, 0.4) is 0 Å². The van der Waals surface area contributed by atoms with Crippen LogP contribution in [0, 0.1) is 0 Å². The summed E-state index contributed by atoms with van der Waals surface area (Å²) in [5.74, 6) is 0.943.